The number of aromatic nitrogens is 4. The second-order valence-corrected chi connectivity index (χ2v) is 9.37. The zero-order chi connectivity index (χ0) is 22.5. The van der Waals surface area contributed by atoms with Crippen molar-refractivity contribution in [2.45, 2.75) is 37.8 Å². The topological polar surface area (TPSA) is 66.8 Å². The molecule has 1 N–H and O–H groups in total. The Morgan fingerprint density at radius 3 is 2.76 bits per heavy atom. The molecule has 0 aliphatic carbocycles. The summed E-state index contributed by atoms with van der Waals surface area (Å²) in [6.45, 7) is 0. The van der Waals surface area contributed by atoms with Gasteiger partial charge < -0.3 is 4.90 Å². The van der Waals surface area contributed by atoms with Crippen molar-refractivity contribution in [3.8, 4) is 22.4 Å². The van der Waals surface area contributed by atoms with Gasteiger partial charge in [-0.15, -0.1) is 0 Å². The highest BCUT2D eigenvalue weighted by atomic mass is 35.5. The summed E-state index contributed by atoms with van der Waals surface area (Å²) in [5.74, 6) is 0.0793. The fourth-order valence-corrected chi connectivity index (χ4v) is 5.73. The Labute approximate surface area is 197 Å². The van der Waals surface area contributed by atoms with E-state index in [1.807, 2.05) is 60.4 Å². The molecule has 2 aromatic carbocycles. The van der Waals surface area contributed by atoms with E-state index in [-0.39, 0.29) is 18.0 Å². The lowest BCUT2D eigenvalue weighted by Gasteiger charge is -2.45. The van der Waals surface area contributed by atoms with Crippen molar-refractivity contribution in [3.05, 3.63) is 82.8 Å². The van der Waals surface area contributed by atoms with Crippen LogP contribution in [-0.2, 0) is 13.5 Å². The van der Waals surface area contributed by atoms with E-state index < -0.39 is 0 Å². The first kappa shape index (κ1) is 20.2. The predicted molar refractivity (Wildman–Crippen MR) is 128 cm³/mol. The molecule has 166 valence electrons. The monoisotopic (exact) mass is 457 g/mol. The van der Waals surface area contributed by atoms with Crippen LogP contribution in [0.25, 0.3) is 22.4 Å². The van der Waals surface area contributed by atoms with E-state index in [4.69, 9.17) is 16.7 Å². The molecule has 2 atom stereocenters. The normalized spacial score (nSPS) is 19.4. The van der Waals surface area contributed by atoms with Crippen molar-refractivity contribution in [2.24, 2.45) is 7.05 Å². The molecular formula is C26H24ClN5O. The zero-order valence-electron chi connectivity index (χ0n) is 18.3. The number of aryl methyl sites for hydroxylation is 1. The number of halogens is 1. The van der Waals surface area contributed by atoms with Crippen LogP contribution in [0.4, 0.5) is 0 Å². The van der Waals surface area contributed by atoms with E-state index in [9.17, 15) is 4.79 Å². The molecule has 2 aliphatic rings. The molecule has 6 rings (SSSR count). The van der Waals surface area contributed by atoms with Gasteiger partial charge in [0.2, 0.25) is 0 Å². The molecule has 1 fully saturated rings. The van der Waals surface area contributed by atoms with Crippen LogP contribution in [0.2, 0.25) is 5.02 Å². The Bertz CT molecular complexity index is 1340. The Hall–Kier alpha value is -3.38. The van der Waals surface area contributed by atoms with Gasteiger partial charge in [0.05, 0.1) is 23.6 Å². The van der Waals surface area contributed by atoms with Crippen LogP contribution in [-0.4, -0.2) is 36.8 Å². The Balaban J connectivity index is 1.39. The lowest BCUT2D eigenvalue weighted by atomic mass is 9.81. The molecule has 2 aliphatic heterocycles. The maximum atomic E-state index is 13.8. The average molecular weight is 458 g/mol. The van der Waals surface area contributed by atoms with E-state index in [0.717, 1.165) is 53.8 Å². The Kier molecular flexibility index (Phi) is 4.84. The molecule has 7 heteroatoms. The van der Waals surface area contributed by atoms with E-state index in [1.165, 1.54) is 5.56 Å². The fourth-order valence-electron chi connectivity index (χ4n) is 5.54. The van der Waals surface area contributed by atoms with Crippen molar-refractivity contribution in [1.29, 1.82) is 0 Å². The lowest BCUT2D eigenvalue weighted by molar-refractivity contribution is 0.0392. The first-order chi connectivity index (χ1) is 16.1. The molecule has 2 bridgehead atoms. The second-order valence-electron chi connectivity index (χ2n) is 8.93. The van der Waals surface area contributed by atoms with Gasteiger partial charge in [0.15, 0.2) is 0 Å². The van der Waals surface area contributed by atoms with Crippen LogP contribution in [0.1, 0.15) is 46.9 Å². The van der Waals surface area contributed by atoms with Gasteiger partial charge in [-0.3, -0.25) is 14.6 Å². The number of nitrogens with zero attached hydrogens (tertiary/aromatic N) is 4. The summed E-state index contributed by atoms with van der Waals surface area (Å²) in [6, 6.07) is 15.9. The number of hydrogen-bond donors (Lipinski definition) is 1. The van der Waals surface area contributed by atoms with Crippen molar-refractivity contribution >= 4 is 17.5 Å². The molecule has 1 saturated heterocycles. The Morgan fingerprint density at radius 1 is 1.09 bits per heavy atom. The maximum Gasteiger partial charge on any atom is 0.254 e. The number of nitrogens with one attached hydrogen (secondary N) is 1. The van der Waals surface area contributed by atoms with Crippen molar-refractivity contribution in [1.82, 2.24) is 24.9 Å². The fraction of sp³-hybridized carbons (Fsp3) is 0.269. The van der Waals surface area contributed by atoms with Crippen LogP contribution < -0.4 is 0 Å². The number of rotatable bonds is 3. The maximum absolute atomic E-state index is 13.8. The third-order valence-corrected chi connectivity index (χ3v) is 7.18. The number of H-pyrrole nitrogens is 1. The standard InChI is InChI=1S/C26H24ClN5O/c1-31-25(17-6-3-8-20(27)12-17)22-13-21-9-4-10-23(24(22)30-31)32(21)26(33)18-7-2-5-16(11-18)19-14-28-29-15-19/h2-3,5-8,11-12,14-15,21,23H,4,9-10,13H2,1H3,(H,28,29)/t21-,23+/m0/s1. The van der Waals surface area contributed by atoms with E-state index in [2.05, 4.69) is 21.2 Å². The van der Waals surface area contributed by atoms with Gasteiger partial charge in [-0.1, -0.05) is 35.9 Å². The van der Waals surface area contributed by atoms with Gasteiger partial charge in [0.1, 0.15) is 0 Å². The first-order valence-electron chi connectivity index (χ1n) is 11.3. The highest BCUT2D eigenvalue weighted by Crippen LogP contribution is 2.45. The molecule has 0 spiro atoms. The summed E-state index contributed by atoms with van der Waals surface area (Å²) in [7, 11) is 1.99. The minimum atomic E-state index is -0.00304. The molecule has 33 heavy (non-hydrogen) atoms. The highest BCUT2D eigenvalue weighted by Gasteiger charge is 2.43. The van der Waals surface area contributed by atoms with E-state index in [0.29, 0.717) is 10.6 Å². The smallest absolute Gasteiger partial charge is 0.254 e. The van der Waals surface area contributed by atoms with Crippen LogP contribution in [0.5, 0.6) is 0 Å². The predicted octanol–water partition coefficient (Wildman–Crippen LogP) is 5.42. The molecule has 2 aromatic heterocycles. The molecular weight excluding hydrogens is 434 g/mol. The van der Waals surface area contributed by atoms with E-state index >= 15 is 0 Å². The van der Waals surface area contributed by atoms with Crippen LogP contribution >= 0.6 is 11.6 Å². The summed E-state index contributed by atoms with van der Waals surface area (Å²) in [5, 5.41) is 12.5. The summed E-state index contributed by atoms with van der Waals surface area (Å²) in [4.78, 5) is 15.9. The summed E-state index contributed by atoms with van der Waals surface area (Å²) >= 11 is 6.29. The molecule has 4 aromatic rings. The second kappa shape index (κ2) is 7.89. The summed E-state index contributed by atoms with van der Waals surface area (Å²) < 4.78 is 1.96. The largest absolute Gasteiger partial charge is 0.327 e. The van der Waals surface area contributed by atoms with Gasteiger partial charge in [-0.05, 0) is 55.5 Å². The van der Waals surface area contributed by atoms with E-state index in [1.54, 1.807) is 6.20 Å². The number of hydrogen-bond acceptors (Lipinski definition) is 3. The number of aromatic amines is 1. The van der Waals surface area contributed by atoms with Gasteiger partial charge in [0.25, 0.3) is 5.91 Å². The number of piperidine rings is 1. The third kappa shape index (κ3) is 3.37. The highest BCUT2D eigenvalue weighted by molar-refractivity contribution is 6.30. The zero-order valence-corrected chi connectivity index (χ0v) is 19.1. The van der Waals surface area contributed by atoms with Crippen LogP contribution in [0.3, 0.4) is 0 Å². The van der Waals surface area contributed by atoms with Gasteiger partial charge in [-0.25, -0.2) is 0 Å². The molecule has 0 radical (unpaired) electrons. The van der Waals surface area contributed by atoms with Crippen molar-refractivity contribution in [3.63, 3.8) is 0 Å². The molecule has 6 nitrogen and oxygen atoms in total. The summed E-state index contributed by atoms with van der Waals surface area (Å²) in [5.41, 5.74) is 7.14. The van der Waals surface area contributed by atoms with Gasteiger partial charge >= 0.3 is 0 Å². The number of amides is 1. The third-order valence-electron chi connectivity index (χ3n) is 6.95. The number of carbonyl (C=O) groups is 1. The molecule has 0 saturated carbocycles. The molecule has 1 amide bonds. The first-order valence-corrected chi connectivity index (χ1v) is 11.7. The minimum absolute atomic E-state index is 0.00304. The number of fused-ring (bicyclic) bond motifs is 4. The quantitative estimate of drug-likeness (QED) is 0.446. The van der Waals surface area contributed by atoms with Crippen molar-refractivity contribution < 1.29 is 4.79 Å². The lowest BCUT2D eigenvalue weighted by Crippen LogP contribution is -2.49. The Morgan fingerprint density at radius 2 is 1.94 bits per heavy atom. The average Bonchev–Trinajstić information content (AvgIpc) is 3.46. The number of carbonyl (C=O) groups excluding carboxylic acids is 1. The molecule has 4 heterocycles. The van der Waals surface area contributed by atoms with Crippen LogP contribution in [0, 0.1) is 0 Å². The van der Waals surface area contributed by atoms with Gasteiger partial charge in [0, 0.05) is 46.6 Å². The van der Waals surface area contributed by atoms with Crippen molar-refractivity contribution in [2.75, 3.05) is 0 Å². The molecule has 0 unspecified atom stereocenters. The summed E-state index contributed by atoms with van der Waals surface area (Å²) in [6.07, 6.45) is 7.48. The SMILES string of the molecule is Cn1nc2c(c1-c1cccc(Cl)c1)C[C@@H]1CCC[C@H]2N1C(=O)c1cccc(-c2cn[nH]c2)c1. The van der Waals surface area contributed by atoms with Crippen LogP contribution in [0.15, 0.2) is 60.9 Å². The minimum Gasteiger partial charge on any atom is -0.327 e. The van der Waals surface area contributed by atoms with Gasteiger partial charge in [-0.2, -0.15) is 10.2 Å². The number of benzene rings is 2.